The van der Waals surface area contributed by atoms with Crippen LogP contribution in [-0.2, 0) is 0 Å². The van der Waals surface area contributed by atoms with Gasteiger partial charge in [-0.15, -0.1) is 0 Å². The van der Waals surface area contributed by atoms with Crippen LogP contribution in [0.5, 0.6) is 5.75 Å². The molecule has 0 aliphatic heterocycles. The molecule has 2 rings (SSSR count). The van der Waals surface area contributed by atoms with E-state index < -0.39 is 17.4 Å². The van der Waals surface area contributed by atoms with E-state index in [1.54, 1.807) is 24.3 Å². The first-order chi connectivity index (χ1) is 9.60. The van der Waals surface area contributed by atoms with Gasteiger partial charge in [-0.3, -0.25) is 4.79 Å². The van der Waals surface area contributed by atoms with E-state index in [4.69, 9.17) is 4.74 Å². The summed E-state index contributed by atoms with van der Waals surface area (Å²) < 4.78 is 31.7. The molecule has 2 aromatic carbocycles. The molecule has 0 saturated heterocycles. The van der Waals surface area contributed by atoms with Crippen LogP contribution >= 0.6 is 0 Å². The lowest BCUT2D eigenvalue weighted by atomic mass is 10.0. The molecule has 0 aliphatic carbocycles. The van der Waals surface area contributed by atoms with Crippen molar-refractivity contribution in [2.75, 3.05) is 6.61 Å². The van der Waals surface area contributed by atoms with E-state index in [2.05, 4.69) is 0 Å². The first-order valence-corrected chi connectivity index (χ1v) is 6.34. The van der Waals surface area contributed by atoms with Gasteiger partial charge < -0.3 is 4.74 Å². The van der Waals surface area contributed by atoms with Crippen LogP contribution in [0.15, 0.2) is 42.5 Å². The fourth-order valence-electron chi connectivity index (χ4n) is 1.80. The van der Waals surface area contributed by atoms with Crippen molar-refractivity contribution in [1.29, 1.82) is 0 Å². The Hall–Kier alpha value is -2.23. The fraction of sp³-hybridized carbons (Fsp3) is 0.188. The highest BCUT2D eigenvalue weighted by molar-refractivity contribution is 6.09. The van der Waals surface area contributed by atoms with Crippen LogP contribution in [-0.4, -0.2) is 12.4 Å². The minimum absolute atomic E-state index is 0.0184. The number of ether oxygens (including phenoxy) is 1. The average Bonchev–Trinajstić information content (AvgIpc) is 2.43. The molecule has 0 aromatic heterocycles. The van der Waals surface area contributed by atoms with E-state index >= 15 is 0 Å². The number of hydrogen-bond donors (Lipinski definition) is 0. The minimum Gasteiger partial charge on any atom is -0.494 e. The molecule has 0 fully saturated rings. The highest BCUT2D eigenvalue weighted by Gasteiger charge is 2.12. The largest absolute Gasteiger partial charge is 0.494 e. The maximum atomic E-state index is 13.1. The van der Waals surface area contributed by atoms with E-state index in [1.165, 1.54) is 0 Å². The Morgan fingerprint density at radius 2 is 1.75 bits per heavy atom. The summed E-state index contributed by atoms with van der Waals surface area (Å²) in [6.45, 7) is 2.52. The highest BCUT2D eigenvalue weighted by Crippen LogP contribution is 2.18. The Morgan fingerprint density at radius 1 is 1.05 bits per heavy atom. The van der Waals surface area contributed by atoms with Gasteiger partial charge in [0, 0.05) is 17.2 Å². The molecule has 104 valence electrons. The number of carbonyl (C=O) groups excluding carboxylic acids is 1. The lowest BCUT2D eigenvalue weighted by molar-refractivity contribution is 0.103. The van der Waals surface area contributed by atoms with Crippen molar-refractivity contribution in [2.45, 2.75) is 13.3 Å². The Bertz CT molecular complexity index is 603. The van der Waals surface area contributed by atoms with Crippen LogP contribution in [0.2, 0.25) is 0 Å². The summed E-state index contributed by atoms with van der Waals surface area (Å²) in [4.78, 5) is 12.2. The van der Waals surface area contributed by atoms with Crippen LogP contribution in [0.3, 0.4) is 0 Å². The summed E-state index contributed by atoms with van der Waals surface area (Å²) in [6.07, 6.45) is 0.854. The molecule has 0 radical (unpaired) electrons. The third kappa shape index (κ3) is 3.41. The molecule has 0 N–H and O–H groups in total. The zero-order chi connectivity index (χ0) is 14.5. The molecule has 2 nitrogen and oxygen atoms in total. The normalized spacial score (nSPS) is 10.3. The van der Waals surface area contributed by atoms with Gasteiger partial charge >= 0.3 is 0 Å². The Kier molecular flexibility index (Phi) is 4.45. The Morgan fingerprint density at radius 3 is 2.40 bits per heavy atom. The van der Waals surface area contributed by atoms with Crippen molar-refractivity contribution in [3.8, 4) is 5.75 Å². The number of rotatable bonds is 5. The first kappa shape index (κ1) is 14.2. The monoisotopic (exact) mass is 276 g/mol. The zero-order valence-corrected chi connectivity index (χ0v) is 11.0. The third-order valence-corrected chi connectivity index (χ3v) is 2.69. The molecule has 4 heteroatoms. The lowest BCUT2D eigenvalue weighted by Crippen LogP contribution is -2.03. The van der Waals surface area contributed by atoms with Gasteiger partial charge in [0.15, 0.2) is 5.78 Å². The SMILES string of the molecule is CCCOc1cccc(C(=O)c2cc(F)cc(F)c2)c1. The van der Waals surface area contributed by atoms with Gasteiger partial charge in [-0.05, 0) is 30.7 Å². The molecule has 2 aromatic rings. The maximum Gasteiger partial charge on any atom is 0.193 e. The standard InChI is InChI=1S/C16H14F2O2/c1-2-6-20-15-5-3-4-11(9-15)16(19)12-7-13(17)10-14(18)8-12/h3-5,7-10H,2,6H2,1H3. The number of carbonyl (C=O) groups is 1. The van der Waals surface area contributed by atoms with Gasteiger partial charge in [-0.1, -0.05) is 19.1 Å². The minimum atomic E-state index is -0.772. The third-order valence-electron chi connectivity index (χ3n) is 2.69. The summed E-state index contributed by atoms with van der Waals surface area (Å²) in [5.41, 5.74) is 0.318. The van der Waals surface area contributed by atoms with Gasteiger partial charge in [0.1, 0.15) is 17.4 Å². The molecule has 0 spiro atoms. The van der Waals surface area contributed by atoms with Gasteiger partial charge in [0.25, 0.3) is 0 Å². The predicted molar refractivity (Wildman–Crippen MR) is 72.0 cm³/mol. The fourth-order valence-corrected chi connectivity index (χ4v) is 1.80. The second-order valence-corrected chi connectivity index (χ2v) is 4.36. The van der Waals surface area contributed by atoms with Gasteiger partial charge in [-0.25, -0.2) is 8.78 Å². The van der Waals surface area contributed by atoms with E-state index in [0.29, 0.717) is 17.9 Å². The second-order valence-electron chi connectivity index (χ2n) is 4.36. The molecular formula is C16H14F2O2. The number of halogens is 2. The van der Waals surface area contributed by atoms with Crippen LogP contribution in [0.4, 0.5) is 8.78 Å². The van der Waals surface area contributed by atoms with Crippen molar-refractivity contribution in [3.63, 3.8) is 0 Å². The molecule has 20 heavy (non-hydrogen) atoms. The molecule has 0 unspecified atom stereocenters. The van der Waals surface area contributed by atoms with E-state index in [0.717, 1.165) is 24.6 Å². The van der Waals surface area contributed by atoms with Crippen LogP contribution in [0.1, 0.15) is 29.3 Å². The second kappa shape index (κ2) is 6.28. The highest BCUT2D eigenvalue weighted by atomic mass is 19.1. The van der Waals surface area contributed by atoms with Crippen LogP contribution in [0, 0.1) is 11.6 Å². The van der Waals surface area contributed by atoms with E-state index in [9.17, 15) is 13.6 Å². The number of benzene rings is 2. The van der Waals surface area contributed by atoms with E-state index in [-0.39, 0.29) is 5.56 Å². The molecule has 0 amide bonds. The van der Waals surface area contributed by atoms with Crippen molar-refractivity contribution in [3.05, 3.63) is 65.2 Å². The zero-order valence-electron chi connectivity index (χ0n) is 11.0. The molecule has 0 atom stereocenters. The molecular weight excluding hydrogens is 262 g/mol. The summed E-state index contributed by atoms with van der Waals surface area (Å²) in [7, 11) is 0. The van der Waals surface area contributed by atoms with Crippen molar-refractivity contribution in [1.82, 2.24) is 0 Å². The maximum absolute atomic E-state index is 13.1. The molecule has 0 heterocycles. The lowest BCUT2D eigenvalue weighted by Gasteiger charge is -2.07. The van der Waals surface area contributed by atoms with E-state index in [1.807, 2.05) is 6.92 Å². The van der Waals surface area contributed by atoms with Crippen LogP contribution < -0.4 is 4.74 Å². The smallest absolute Gasteiger partial charge is 0.193 e. The topological polar surface area (TPSA) is 26.3 Å². The van der Waals surface area contributed by atoms with Crippen molar-refractivity contribution < 1.29 is 18.3 Å². The first-order valence-electron chi connectivity index (χ1n) is 6.34. The van der Waals surface area contributed by atoms with Crippen molar-refractivity contribution >= 4 is 5.78 Å². The summed E-state index contributed by atoms with van der Waals surface area (Å²) in [5, 5.41) is 0. The molecule has 0 bridgehead atoms. The van der Waals surface area contributed by atoms with Crippen LogP contribution in [0.25, 0.3) is 0 Å². The average molecular weight is 276 g/mol. The number of hydrogen-bond acceptors (Lipinski definition) is 2. The molecule has 0 aliphatic rings. The van der Waals surface area contributed by atoms with Crippen molar-refractivity contribution in [2.24, 2.45) is 0 Å². The Balaban J connectivity index is 2.28. The number of ketones is 1. The Labute approximate surface area is 116 Å². The predicted octanol–water partition coefficient (Wildman–Crippen LogP) is 3.98. The summed E-state index contributed by atoms with van der Waals surface area (Å²) >= 11 is 0. The quantitative estimate of drug-likeness (QED) is 0.772. The molecule has 0 saturated carbocycles. The summed E-state index contributed by atoms with van der Waals surface area (Å²) in [6, 6.07) is 9.34. The van der Waals surface area contributed by atoms with Gasteiger partial charge in [0.2, 0.25) is 0 Å². The van der Waals surface area contributed by atoms with Gasteiger partial charge in [0.05, 0.1) is 6.61 Å². The summed E-state index contributed by atoms with van der Waals surface area (Å²) in [5.74, 6) is -1.42. The van der Waals surface area contributed by atoms with Gasteiger partial charge in [-0.2, -0.15) is 0 Å².